The minimum Gasteiger partial charge on any atom is -0.391 e. The largest absolute Gasteiger partial charge is 0.391 e. The molecule has 4 heterocycles. The molecule has 2 saturated heterocycles. The molecule has 0 saturated carbocycles. The van der Waals surface area contributed by atoms with Crippen molar-refractivity contribution in [3.8, 4) is 10.4 Å². The second kappa shape index (κ2) is 29.5. The molecule has 6 rings (SSSR count). The number of hydrogen-bond donors (Lipinski definition) is 6. The Morgan fingerprint density at radius 2 is 1.53 bits per heavy atom. The summed E-state index contributed by atoms with van der Waals surface area (Å²) in [5.41, 5.74) is 16.9. The molecule has 0 spiro atoms. The zero-order valence-corrected chi connectivity index (χ0v) is 48.5. The van der Waals surface area contributed by atoms with Crippen molar-refractivity contribution < 1.29 is 24.3 Å². The number of thiazole rings is 1. The number of likely N-dealkylation sites (tertiary alicyclic amines) is 1. The average molecular weight is 1120 g/mol. The maximum absolute atomic E-state index is 14.1. The number of piperidine rings is 1. The minimum atomic E-state index is -0.848. The first kappa shape index (κ1) is 60.7. The first-order chi connectivity index (χ1) is 36.4. The molecule has 15 nitrogen and oxygen atoms in total. The SMILES string of the molecule is Cc1ncsc1-c1ccc(C(C)NC(=O)C2CC(O)CN2C(=O)C(NC(=O)CCCCCCCCCCCNC(=O)CCCCCC2(CN)CCN(c3cnc(Sc4cccc(Cl)c4Cl)c(N)n3)CC2)C(C)(C)C)cc1. The predicted octanol–water partition coefficient (Wildman–Crippen LogP) is 10.8. The highest BCUT2D eigenvalue weighted by atomic mass is 35.5. The van der Waals surface area contributed by atoms with Crippen LogP contribution in [-0.2, 0) is 19.2 Å². The molecular formula is C57H82Cl2N10O5S2. The summed E-state index contributed by atoms with van der Waals surface area (Å²) in [5.74, 6) is 0.375. The number of halogens is 2. The normalized spacial score (nSPS) is 17.3. The molecule has 416 valence electrons. The molecule has 2 aliphatic rings. The topological polar surface area (TPSA) is 222 Å². The fraction of sp³-hybridized carbons (Fsp3) is 0.596. The lowest BCUT2D eigenvalue weighted by Gasteiger charge is -2.42. The summed E-state index contributed by atoms with van der Waals surface area (Å²) in [6.07, 6.45) is 17.1. The molecule has 19 heteroatoms. The molecule has 2 aromatic heterocycles. The van der Waals surface area contributed by atoms with Crippen molar-refractivity contribution in [3.63, 3.8) is 0 Å². The number of rotatable bonds is 28. The monoisotopic (exact) mass is 1120 g/mol. The van der Waals surface area contributed by atoms with E-state index in [-0.39, 0.29) is 48.1 Å². The van der Waals surface area contributed by atoms with Crippen molar-refractivity contribution in [2.75, 3.05) is 43.4 Å². The summed E-state index contributed by atoms with van der Waals surface area (Å²) in [4.78, 5) is 72.7. The Kier molecular flexibility index (Phi) is 23.5. The van der Waals surface area contributed by atoms with Crippen LogP contribution in [0.2, 0.25) is 10.0 Å². The van der Waals surface area contributed by atoms with Crippen LogP contribution in [0.5, 0.6) is 0 Å². The van der Waals surface area contributed by atoms with Gasteiger partial charge in [0.2, 0.25) is 23.6 Å². The highest BCUT2D eigenvalue weighted by molar-refractivity contribution is 7.99. The number of nitrogens with zero attached hydrogens (tertiary/aromatic N) is 5. The van der Waals surface area contributed by atoms with Crippen LogP contribution in [0.3, 0.4) is 0 Å². The van der Waals surface area contributed by atoms with Gasteiger partial charge in [-0.3, -0.25) is 19.2 Å². The molecule has 4 aromatic rings. The van der Waals surface area contributed by atoms with Gasteiger partial charge < -0.3 is 42.3 Å². The van der Waals surface area contributed by atoms with Crippen molar-refractivity contribution in [2.24, 2.45) is 16.6 Å². The van der Waals surface area contributed by atoms with Gasteiger partial charge in [-0.1, -0.05) is 144 Å². The van der Waals surface area contributed by atoms with Gasteiger partial charge in [0.1, 0.15) is 22.9 Å². The van der Waals surface area contributed by atoms with E-state index < -0.39 is 23.6 Å². The number of unbranched alkanes of at least 4 members (excludes halogenated alkanes) is 10. The molecule has 2 fully saturated rings. The third-order valence-corrected chi connectivity index (χ3v) is 18.0. The lowest BCUT2D eigenvalue weighted by atomic mass is 9.74. The van der Waals surface area contributed by atoms with E-state index in [1.807, 2.05) is 76.5 Å². The maximum Gasteiger partial charge on any atom is 0.246 e. The van der Waals surface area contributed by atoms with Crippen molar-refractivity contribution in [1.82, 2.24) is 35.8 Å². The minimum absolute atomic E-state index is 0.0326. The number of aryl methyl sites for hydroxylation is 1. The quantitative estimate of drug-likeness (QED) is 0.0293. The number of nitrogen functional groups attached to an aromatic ring is 1. The molecule has 4 unspecified atom stereocenters. The van der Waals surface area contributed by atoms with Gasteiger partial charge in [-0.2, -0.15) is 0 Å². The van der Waals surface area contributed by atoms with E-state index in [0.29, 0.717) is 46.8 Å². The Morgan fingerprint density at radius 3 is 2.16 bits per heavy atom. The number of carbonyl (C=O) groups excluding carboxylic acids is 4. The van der Waals surface area contributed by atoms with Crippen molar-refractivity contribution in [2.45, 2.75) is 184 Å². The average Bonchev–Trinajstić information content (AvgIpc) is 4.02. The van der Waals surface area contributed by atoms with E-state index in [4.69, 9.17) is 34.7 Å². The van der Waals surface area contributed by atoms with Crippen LogP contribution in [0.1, 0.15) is 161 Å². The van der Waals surface area contributed by atoms with Gasteiger partial charge in [0.05, 0.1) is 44.5 Å². The Labute approximate surface area is 469 Å². The smallest absolute Gasteiger partial charge is 0.246 e. The molecule has 2 aliphatic heterocycles. The first-order valence-corrected chi connectivity index (χ1v) is 29.9. The summed E-state index contributed by atoms with van der Waals surface area (Å²) >= 11 is 15.5. The number of nitrogens with two attached hydrogens (primary N) is 2. The summed E-state index contributed by atoms with van der Waals surface area (Å²) in [6, 6.07) is 11.5. The van der Waals surface area contributed by atoms with E-state index in [1.165, 1.54) is 16.7 Å². The summed E-state index contributed by atoms with van der Waals surface area (Å²) in [5, 5.41) is 21.3. The predicted molar refractivity (Wildman–Crippen MR) is 309 cm³/mol. The number of aromatic nitrogens is 3. The molecule has 2 aromatic carbocycles. The standard InChI is InChI=1S/C57H82Cl2N10O5S2/c1-38(40-23-25-41(26-24-40)50-39(2)64-37-75-50)65-53(73)44-33-42(70)35-69(44)55(74)51(56(3,4)5)67-48(72)22-14-11-9-7-6-8-10-12-17-30-62-47(71)21-15-13-16-27-57(36-60)28-31-68(32-29-57)46-34-63-54(52(61)66-46)76-45-20-18-19-43(58)49(45)59/h18-20,23-26,34,37-38,42,44,51,70H,6-17,21-22,27-33,35-36,60H2,1-5H3,(H2,61,66)(H,62,71)(H,65,73)(H,67,72). The summed E-state index contributed by atoms with van der Waals surface area (Å²) in [6.45, 7) is 12.6. The van der Waals surface area contributed by atoms with Crippen LogP contribution in [0.15, 0.2) is 64.1 Å². The van der Waals surface area contributed by atoms with Crippen molar-refractivity contribution >= 4 is 81.6 Å². The van der Waals surface area contributed by atoms with Crippen LogP contribution >= 0.6 is 46.3 Å². The number of aliphatic hydroxyl groups excluding tert-OH is 1. The van der Waals surface area contributed by atoms with E-state index in [0.717, 1.165) is 142 Å². The fourth-order valence-electron chi connectivity index (χ4n) is 10.2. The molecule has 0 bridgehead atoms. The third-order valence-electron chi connectivity index (χ3n) is 15.0. The highest BCUT2D eigenvalue weighted by Gasteiger charge is 2.45. The van der Waals surface area contributed by atoms with E-state index in [1.54, 1.807) is 23.6 Å². The number of β-amino-alcohol motifs (C(OH)–C–C–N with tert-alkyl or cyclic N) is 1. The summed E-state index contributed by atoms with van der Waals surface area (Å²) in [7, 11) is 0. The molecule has 76 heavy (non-hydrogen) atoms. The Balaban J connectivity index is 0.771. The second-order valence-electron chi connectivity index (χ2n) is 22.0. The van der Waals surface area contributed by atoms with Crippen LogP contribution < -0.4 is 32.3 Å². The van der Waals surface area contributed by atoms with Gasteiger partial charge in [0.15, 0.2) is 5.82 Å². The number of carbonyl (C=O) groups is 4. The van der Waals surface area contributed by atoms with E-state index in [9.17, 15) is 24.3 Å². The number of aliphatic hydroxyl groups is 1. The van der Waals surface area contributed by atoms with Gasteiger partial charge in [0.25, 0.3) is 0 Å². The van der Waals surface area contributed by atoms with Crippen LogP contribution in [0.25, 0.3) is 10.4 Å². The maximum atomic E-state index is 14.1. The Morgan fingerprint density at radius 1 is 0.882 bits per heavy atom. The Hall–Kier alpha value is -4.52. The number of nitrogens with one attached hydrogen (secondary N) is 3. The number of amides is 4. The first-order valence-electron chi connectivity index (χ1n) is 27.4. The van der Waals surface area contributed by atoms with Gasteiger partial charge in [-0.15, -0.1) is 11.3 Å². The fourth-order valence-corrected chi connectivity index (χ4v) is 12.3. The molecular weight excluding hydrogens is 1040 g/mol. The molecule has 8 N–H and O–H groups in total. The second-order valence-corrected chi connectivity index (χ2v) is 24.7. The molecule has 0 radical (unpaired) electrons. The summed E-state index contributed by atoms with van der Waals surface area (Å²) < 4.78 is 0. The molecule has 0 aliphatic carbocycles. The third kappa shape index (κ3) is 17.8. The van der Waals surface area contributed by atoms with Crippen molar-refractivity contribution in [3.05, 3.63) is 75.5 Å². The lowest BCUT2D eigenvalue weighted by Crippen LogP contribution is -2.57. The molecule has 4 amide bonds. The zero-order chi connectivity index (χ0) is 54.8. The Bertz CT molecular complexity index is 2520. The number of benzene rings is 2. The van der Waals surface area contributed by atoms with E-state index >= 15 is 0 Å². The highest BCUT2D eigenvalue weighted by Crippen LogP contribution is 2.40. The van der Waals surface area contributed by atoms with Gasteiger partial charge in [-0.05, 0) is 93.0 Å². The number of anilines is 2. The van der Waals surface area contributed by atoms with Crippen molar-refractivity contribution in [1.29, 1.82) is 0 Å². The van der Waals surface area contributed by atoms with E-state index in [2.05, 4.69) is 35.8 Å². The van der Waals surface area contributed by atoms with Gasteiger partial charge >= 0.3 is 0 Å². The number of hydrogen-bond acceptors (Lipinski definition) is 13. The van der Waals surface area contributed by atoms with Crippen LogP contribution in [0, 0.1) is 17.8 Å². The van der Waals surface area contributed by atoms with Gasteiger partial charge in [-0.25, -0.2) is 15.0 Å². The van der Waals surface area contributed by atoms with Crippen LogP contribution in [0.4, 0.5) is 11.6 Å². The lowest BCUT2D eigenvalue weighted by molar-refractivity contribution is -0.144. The van der Waals surface area contributed by atoms with Gasteiger partial charge in [0, 0.05) is 50.3 Å². The zero-order valence-electron chi connectivity index (χ0n) is 45.3. The van der Waals surface area contributed by atoms with Crippen LogP contribution in [-0.4, -0.2) is 99.5 Å². The molecule has 4 atom stereocenters.